The van der Waals surface area contributed by atoms with E-state index in [9.17, 15) is 4.79 Å². The van der Waals surface area contributed by atoms with Gasteiger partial charge in [-0.25, -0.2) is 0 Å². The van der Waals surface area contributed by atoms with Crippen LogP contribution in [0.25, 0.3) is 0 Å². The number of esters is 1. The Balaban J connectivity index is 1.49. The van der Waals surface area contributed by atoms with Gasteiger partial charge in [0.25, 0.3) is 0 Å². The Morgan fingerprint density at radius 3 is 2.55 bits per heavy atom. The van der Waals surface area contributed by atoms with Crippen LogP contribution in [0.3, 0.4) is 0 Å². The summed E-state index contributed by atoms with van der Waals surface area (Å²) in [5.74, 6) is 0.242. The van der Waals surface area contributed by atoms with E-state index in [0.29, 0.717) is 12.5 Å². The Labute approximate surface area is 205 Å². The average Bonchev–Trinajstić information content (AvgIpc) is 3.14. The number of nitrogens with zero attached hydrogens (tertiary/aromatic N) is 2. The van der Waals surface area contributed by atoms with Crippen LogP contribution in [-0.4, -0.2) is 40.6 Å². The molecule has 3 unspecified atom stereocenters. The summed E-state index contributed by atoms with van der Waals surface area (Å²) in [6, 6.07) is 23.2. The molecule has 4 rings (SSSR count). The first-order valence-electron chi connectivity index (χ1n) is 11.7. The maximum absolute atomic E-state index is 12.9. The Kier molecular flexibility index (Phi) is 7.52. The molecule has 5 heteroatoms. The van der Waals surface area contributed by atoms with Gasteiger partial charge in [-0.1, -0.05) is 0 Å². The van der Waals surface area contributed by atoms with E-state index in [1.807, 2.05) is 55.7 Å². The molecule has 1 aliphatic rings. The zero-order valence-electron chi connectivity index (χ0n) is 19.4. The third-order valence-corrected chi connectivity index (χ3v) is 8.10. The normalized spacial score (nSPS) is 19.1. The summed E-state index contributed by atoms with van der Waals surface area (Å²) in [6.45, 7) is 2.26. The van der Waals surface area contributed by atoms with Crippen molar-refractivity contribution in [3.05, 3.63) is 95.8 Å². The molecule has 1 aliphatic heterocycles. The minimum atomic E-state index is -0.683. The molecule has 172 valence electrons. The van der Waals surface area contributed by atoms with Gasteiger partial charge in [0.15, 0.2) is 0 Å². The van der Waals surface area contributed by atoms with Gasteiger partial charge in [-0.15, -0.1) is 0 Å². The van der Waals surface area contributed by atoms with Gasteiger partial charge < -0.3 is 0 Å². The summed E-state index contributed by atoms with van der Waals surface area (Å²) >= 11 is 2.61. The topological polar surface area (TPSA) is 42.4 Å². The Hall–Kier alpha value is -2.62. The van der Waals surface area contributed by atoms with Crippen molar-refractivity contribution < 1.29 is 9.53 Å². The van der Waals surface area contributed by atoms with Crippen molar-refractivity contribution in [3.63, 3.8) is 0 Å². The molecule has 2 aromatic carbocycles. The predicted molar refractivity (Wildman–Crippen MR) is 135 cm³/mol. The predicted octanol–water partition coefficient (Wildman–Crippen LogP) is 5.28. The molecule has 0 spiro atoms. The van der Waals surface area contributed by atoms with Gasteiger partial charge in [-0.2, -0.15) is 0 Å². The molecular formula is C28H32N2O2Se. The molecule has 0 saturated heterocycles. The van der Waals surface area contributed by atoms with Gasteiger partial charge >= 0.3 is 205 Å². The SMILES string of the molecule is CCOC(=O)C([SeH])(CCCCC1c2ccccc2N(C)C1c1cccnc1)c1ccccc1. The third kappa shape index (κ3) is 4.85. The molecule has 1 aromatic heterocycles. The van der Waals surface area contributed by atoms with Crippen LogP contribution in [0.1, 0.15) is 61.3 Å². The van der Waals surface area contributed by atoms with Crippen LogP contribution >= 0.6 is 0 Å². The number of aromatic nitrogens is 1. The molecule has 3 atom stereocenters. The zero-order chi connectivity index (χ0) is 23.3. The molecule has 0 fully saturated rings. The first kappa shape index (κ1) is 23.5. The quantitative estimate of drug-likeness (QED) is 0.225. The van der Waals surface area contributed by atoms with Gasteiger partial charge in [0, 0.05) is 0 Å². The van der Waals surface area contributed by atoms with E-state index in [1.165, 1.54) is 16.8 Å². The molecular weight excluding hydrogens is 475 g/mol. The molecule has 4 nitrogen and oxygen atoms in total. The number of ether oxygens (including phenoxy) is 1. The first-order valence-corrected chi connectivity index (χ1v) is 12.7. The van der Waals surface area contributed by atoms with Crippen molar-refractivity contribution in [1.29, 1.82) is 0 Å². The number of carbonyl (C=O) groups excluding carboxylic acids is 1. The van der Waals surface area contributed by atoms with E-state index in [0.717, 1.165) is 31.2 Å². The van der Waals surface area contributed by atoms with Crippen molar-refractivity contribution in [2.45, 2.75) is 48.9 Å². The minimum absolute atomic E-state index is 0.157. The number of rotatable bonds is 9. The van der Waals surface area contributed by atoms with Crippen molar-refractivity contribution in [3.8, 4) is 0 Å². The van der Waals surface area contributed by atoms with Crippen LogP contribution < -0.4 is 4.90 Å². The molecule has 33 heavy (non-hydrogen) atoms. The second kappa shape index (κ2) is 10.5. The van der Waals surface area contributed by atoms with E-state index >= 15 is 0 Å². The number of hydrogen-bond acceptors (Lipinski definition) is 4. The van der Waals surface area contributed by atoms with E-state index in [1.54, 1.807) is 0 Å². The van der Waals surface area contributed by atoms with Crippen molar-refractivity contribution in [2.75, 3.05) is 18.6 Å². The van der Waals surface area contributed by atoms with Crippen LogP contribution in [0.2, 0.25) is 0 Å². The fraction of sp³-hybridized carbons (Fsp3) is 0.357. The molecule has 0 aliphatic carbocycles. The van der Waals surface area contributed by atoms with Crippen LogP contribution in [0.15, 0.2) is 79.1 Å². The Morgan fingerprint density at radius 2 is 1.82 bits per heavy atom. The van der Waals surface area contributed by atoms with E-state index < -0.39 is 4.31 Å². The summed E-state index contributed by atoms with van der Waals surface area (Å²) in [5.41, 5.74) is 4.95. The molecule has 0 bridgehead atoms. The number of benzene rings is 2. The van der Waals surface area contributed by atoms with Crippen LogP contribution in [0, 0.1) is 0 Å². The second-order valence-corrected chi connectivity index (χ2v) is 10.3. The average molecular weight is 508 g/mol. The molecule has 0 N–H and O–H groups in total. The number of anilines is 1. The third-order valence-electron chi connectivity index (χ3n) is 6.71. The van der Waals surface area contributed by atoms with Crippen LogP contribution in [0.5, 0.6) is 0 Å². The number of hydrogen-bond donors (Lipinski definition) is 0. The molecule has 0 amide bonds. The van der Waals surface area contributed by atoms with Crippen molar-refractivity contribution >= 4 is 27.7 Å². The maximum atomic E-state index is 12.9. The fourth-order valence-electron chi connectivity index (χ4n) is 5.11. The number of fused-ring (bicyclic) bond motifs is 1. The van der Waals surface area contributed by atoms with Gasteiger partial charge in [-0.3, -0.25) is 0 Å². The van der Waals surface area contributed by atoms with Gasteiger partial charge in [0.05, 0.1) is 0 Å². The summed E-state index contributed by atoms with van der Waals surface area (Å²) in [7, 11) is 2.18. The Bertz CT molecular complexity index is 1060. The van der Waals surface area contributed by atoms with Crippen LogP contribution in [0.4, 0.5) is 5.69 Å². The monoisotopic (exact) mass is 508 g/mol. The number of likely N-dealkylation sites (N-methyl/N-ethyl adjacent to an activating group) is 1. The first-order chi connectivity index (χ1) is 16.1. The molecule has 2 heterocycles. The number of para-hydroxylation sites is 1. The van der Waals surface area contributed by atoms with Crippen molar-refractivity contribution in [2.24, 2.45) is 0 Å². The van der Waals surface area contributed by atoms with Crippen molar-refractivity contribution in [1.82, 2.24) is 4.98 Å². The summed E-state index contributed by atoms with van der Waals surface area (Å²) in [5, 5.41) is 0. The summed E-state index contributed by atoms with van der Waals surface area (Å²) in [4.78, 5) is 19.7. The molecule has 0 radical (unpaired) electrons. The summed E-state index contributed by atoms with van der Waals surface area (Å²) < 4.78 is 4.78. The molecule has 3 aromatic rings. The standard InChI is InChI=1S/C28H32N2O2Se/c1-3-32-27(31)28(33,22-13-5-4-6-14-22)18-10-9-16-24-23-15-7-8-17-25(23)30(2)26(24)21-12-11-19-29-20-21/h4-8,11-15,17,19-20,24,26,33H,3,9-10,16,18H2,1-2H3. The second-order valence-electron chi connectivity index (χ2n) is 8.70. The number of pyridine rings is 1. The van der Waals surface area contributed by atoms with Gasteiger partial charge in [-0.05, 0) is 0 Å². The van der Waals surface area contributed by atoms with Crippen LogP contribution in [-0.2, 0) is 13.8 Å². The van der Waals surface area contributed by atoms with E-state index in [4.69, 9.17) is 4.74 Å². The number of unbranched alkanes of at least 4 members (excludes halogenated alkanes) is 1. The van der Waals surface area contributed by atoms with E-state index in [2.05, 4.69) is 63.3 Å². The number of carbonyl (C=O) groups is 1. The molecule has 0 saturated carbocycles. The van der Waals surface area contributed by atoms with Gasteiger partial charge in [0.2, 0.25) is 0 Å². The van der Waals surface area contributed by atoms with Gasteiger partial charge in [0.1, 0.15) is 0 Å². The van der Waals surface area contributed by atoms with E-state index in [-0.39, 0.29) is 12.0 Å². The summed E-state index contributed by atoms with van der Waals surface area (Å²) in [6.07, 6.45) is 7.61. The zero-order valence-corrected chi connectivity index (χ0v) is 21.2. The Morgan fingerprint density at radius 1 is 1.06 bits per heavy atom. The fourth-order valence-corrected chi connectivity index (χ4v) is 5.89.